The molecule has 0 saturated heterocycles. The van der Waals surface area contributed by atoms with Crippen molar-refractivity contribution in [3.8, 4) is 5.75 Å². The van der Waals surface area contributed by atoms with Gasteiger partial charge < -0.3 is 9.47 Å². The van der Waals surface area contributed by atoms with E-state index in [4.69, 9.17) is 9.47 Å². The molecule has 0 N–H and O–H groups in total. The van der Waals surface area contributed by atoms with Crippen LogP contribution in [0.2, 0.25) is 0 Å². The first-order chi connectivity index (χ1) is 7.76. The Labute approximate surface area is 96.4 Å². The van der Waals surface area contributed by atoms with Gasteiger partial charge in [-0.1, -0.05) is 32.4 Å². The van der Waals surface area contributed by atoms with Gasteiger partial charge in [-0.05, 0) is 30.5 Å². The minimum absolute atomic E-state index is 0.419. The maximum Gasteiger partial charge on any atom is 0.513 e. The van der Waals surface area contributed by atoms with E-state index < -0.39 is 6.16 Å². The van der Waals surface area contributed by atoms with Crippen molar-refractivity contribution in [3.63, 3.8) is 0 Å². The van der Waals surface area contributed by atoms with E-state index in [1.165, 1.54) is 5.56 Å². The van der Waals surface area contributed by atoms with E-state index in [1.807, 2.05) is 19.1 Å². The summed E-state index contributed by atoms with van der Waals surface area (Å²) in [6.07, 6.45) is 2.21. The third kappa shape index (κ3) is 4.34. The molecule has 1 rings (SSSR count). The number of ether oxygens (including phenoxy) is 2. The summed E-state index contributed by atoms with van der Waals surface area (Å²) in [5.41, 5.74) is 1.21. The largest absolute Gasteiger partial charge is 0.513 e. The summed E-state index contributed by atoms with van der Waals surface area (Å²) in [6, 6.07) is 7.43. The van der Waals surface area contributed by atoms with Crippen LogP contribution in [-0.4, -0.2) is 12.8 Å². The van der Waals surface area contributed by atoms with Crippen LogP contribution in [0.1, 0.15) is 32.3 Å². The summed E-state index contributed by atoms with van der Waals surface area (Å²) >= 11 is 0. The fourth-order valence-electron chi connectivity index (χ4n) is 1.22. The van der Waals surface area contributed by atoms with Crippen LogP contribution < -0.4 is 4.74 Å². The Bertz CT molecular complexity index is 316. The Balaban J connectivity index is 2.37. The standard InChI is InChI=1S/C13H18O3/c1-3-5-10-15-13(14)16-12-8-6-11(4-2)7-9-12/h6-9H,3-5,10H2,1-2H3. The van der Waals surface area contributed by atoms with Gasteiger partial charge in [0.05, 0.1) is 6.61 Å². The molecule has 0 aliphatic heterocycles. The van der Waals surface area contributed by atoms with Gasteiger partial charge in [0.25, 0.3) is 0 Å². The van der Waals surface area contributed by atoms with Gasteiger partial charge >= 0.3 is 6.16 Å². The number of aryl methyl sites for hydroxylation is 1. The van der Waals surface area contributed by atoms with E-state index in [9.17, 15) is 4.79 Å². The Morgan fingerprint density at radius 3 is 2.44 bits per heavy atom. The second-order valence-electron chi connectivity index (χ2n) is 3.55. The molecule has 0 amide bonds. The van der Waals surface area contributed by atoms with Gasteiger partial charge in [0.15, 0.2) is 0 Å². The van der Waals surface area contributed by atoms with Crippen molar-refractivity contribution < 1.29 is 14.3 Å². The second-order valence-corrected chi connectivity index (χ2v) is 3.55. The van der Waals surface area contributed by atoms with Gasteiger partial charge in [0.2, 0.25) is 0 Å². The molecular formula is C13H18O3. The zero-order chi connectivity index (χ0) is 11.8. The maximum absolute atomic E-state index is 11.2. The van der Waals surface area contributed by atoms with Crippen LogP contribution in [0.25, 0.3) is 0 Å². The molecule has 0 atom stereocenters. The molecule has 0 fully saturated rings. The molecule has 0 aliphatic carbocycles. The number of hydrogen-bond acceptors (Lipinski definition) is 3. The Morgan fingerprint density at radius 1 is 1.19 bits per heavy atom. The molecule has 16 heavy (non-hydrogen) atoms. The predicted molar refractivity (Wildman–Crippen MR) is 62.7 cm³/mol. The quantitative estimate of drug-likeness (QED) is 0.434. The van der Waals surface area contributed by atoms with Crippen LogP contribution in [0.3, 0.4) is 0 Å². The molecule has 0 radical (unpaired) electrons. The van der Waals surface area contributed by atoms with E-state index in [0.717, 1.165) is 19.3 Å². The summed E-state index contributed by atoms with van der Waals surface area (Å²) in [5.74, 6) is 0.527. The van der Waals surface area contributed by atoms with Crippen molar-refractivity contribution >= 4 is 6.16 Å². The first-order valence-electron chi connectivity index (χ1n) is 5.69. The molecular weight excluding hydrogens is 204 g/mol. The predicted octanol–water partition coefficient (Wildman–Crippen LogP) is 3.56. The van der Waals surface area contributed by atoms with E-state index in [2.05, 4.69) is 6.92 Å². The number of unbranched alkanes of at least 4 members (excludes halogenated alkanes) is 1. The number of benzene rings is 1. The lowest BCUT2D eigenvalue weighted by atomic mass is 10.2. The van der Waals surface area contributed by atoms with Gasteiger partial charge in [0, 0.05) is 0 Å². The van der Waals surface area contributed by atoms with E-state index >= 15 is 0 Å². The molecule has 3 heteroatoms. The normalized spacial score (nSPS) is 9.88. The highest BCUT2D eigenvalue weighted by atomic mass is 16.7. The summed E-state index contributed by atoms with van der Waals surface area (Å²) < 4.78 is 9.88. The monoisotopic (exact) mass is 222 g/mol. The third-order valence-electron chi connectivity index (χ3n) is 2.25. The zero-order valence-electron chi connectivity index (χ0n) is 9.86. The molecule has 88 valence electrons. The van der Waals surface area contributed by atoms with Crippen molar-refractivity contribution in [1.29, 1.82) is 0 Å². The van der Waals surface area contributed by atoms with Crippen LogP contribution >= 0.6 is 0 Å². The van der Waals surface area contributed by atoms with E-state index in [0.29, 0.717) is 12.4 Å². The van der Waals surface area contributed by atoms with E-state index in [-0.39, 0.29) is 0 Å². The lowest BCUT2D eigenvalue weighted by Gasteiger charge is -2.05. The van der Waals surface area contributed by atoms with Crippen molar-refractivity contribution in [3.05, 3.63) is 29.8 Å². The Morgan fingerprint density at radius 2 is 1.88 bits per heavy atom. The molecule has 1 aromatic carbocycles. The average molecular weight is 222 g/mol. The lowest BCUT2D eigenvalue weighted by molar-refractivity contribution is 0.0978. The average Bonchev–Trinajstić information content (AvgIpc) is 2.30. The summed E-state index contributed by atoms with van der Waals surface area (Å²) in [4.78, 5) is 11.2. The maximum atomic E-state index is 11.2. The first-order valence-corrected chi connectivity index (χ1v) is 5.69. The Hall–Kier alpha value is -1.51. The van der Waals surface area contributed by atoms with Gasteiger partial charge in [-0.15, -0.1) is 0 Å². The highest BCUT2D eigenvalue weighted by Gasteiger charge is 2.04. The Kier molecular flexibility index (Phi) is 5.40. The topological polar surface area (TPSA) is 35.5 Å². The van der Waals surface area contributed by atoms with Gasteiger partial charge in [-0.25, -0.2) is 4.79 Å². The fourth-order valence-corrected chi connectivity index (χ4v) is 1.22. The van der Waals surface area contributed by atoms with Crippen LogP contribution in [0.4, 0.5) is 4.79 Å². The van der Waals surface area contributed by atoms with E-state index in [1.54, 1.807) is 12.1 Å². The van der Waals surface area contributed by atoms with Gasteiger partial charge in [0.1, 0.15) is 5.75 Å². The van der Waals surface area contributed by atoms with Crippen molar-refractivity contribution in [2.75, 3.05) is 6.61 Å². The van der Waals surface area contributed by atoms with Crippen molar-refractivity contribution in [2.45, 2.75) is 33.1 Å². The number of carbonyl (C=O) groups is 1. The molecule has 0 aromatic heterocycles. The molecule has 0 spiro atoms. The summed E-state index contributed by atoms with van der Waals surface area (Å²) in [6.45, 7) is 4.54. The minimum Gasteiger partial charge on any atom is -0.434 e. The fraction of sp³-hybridized carbons (Fsp3) is 0.462. The second kappa shape index (κ2) is 6.88. The van der Waals surface area contributed by atoms with Crippen LogP contribution in [0, 0.1) is 0 Å². The van der Waals surface area contributed by atoms with Gasteiger partial charge in [-0.2, -0.15) is 0 Å². The smallest absolute Gasteiger partial charge is 0.434 e. The molecule has 3 nitrogen and oxygen atoms in total. The zero-order valence-corrected chi connectivity index (χ0v) is 9.86. The number of carbonyl (C=O) groups excluding carboxylic acids is 1. The summed E-state index contributed by atoms with van der Waals surface area (Å²) in [7, 11) is 0. The highest BCUT2D eigenvalue weighted by Crippen LogP contribution is 2.13. The number of hydrogen-bond donors (Lipinski definition) is 0. The van der Waals surface area contributed by atoms with Gasteiger partial charge in [-0.3, -0.25) is 0 Å². The lowest BCUT2D eigenvalue weighted by Crippen LogP contribution is -2.11. The first kappa shape index (κ1) is 12.6. The van der Waals surface area contributed by atoms with Crippen molar-refractivity contribution in [1.82, 2.24) is 0 Å². The van der Waals surface area contributed by atoms with Crippen LogP contribution in [-0.2, 0) is 11.2 Å². The summed E-state index contributed by atoms with van der Waals surface area (Å²) in [5, 5.41) is 0. The van der Waals surface area contributed by atoms with Crippen LogP contribution in [0.5, 0.6) is 5.75 Å². The third-order valence-corrected chi connectivity index (χ3v) is 2.25. The molecule has 0 aliphatic rings. The molecule has 0 bridgehead atoms. The molecule has 1 aromatic rings. The molecule has 0 heterocycles. The number of rotatable bonds is 5. The molecule has 0 unspecified atom stereocenters. The highest BCUT2D eigenvalue weighted by molar-refractivity contribution is 5.63. The minimum atomic E-state index is -0.627. The van der Waals surface area contributed by atoms with Crippen molar-refractivity contribution in [2.24, 2.45) is 0 Å². The van der Waals surface area contributed by atoms with Crippen LogP contribution in [0.15, 0.2) is 24.3 Å². The SMILES string of the molecule is CCCCOC(=O)Oc1ccc(CC)cc1. The molecule has 0 saturated carbocycles.